The molecule has 0 saturated carbocycles. The molecule has 0 aliphatic rings. The summed E-state index contributed by atoms with van der Waals surface area (Å²) in [7, 11) is 0. The van der Waals surface area contributed by atoms with Crippen molar-refractivity contribution in [3.63, 3.8) is 0 Å². The Morgan fingerprint density at radius 3 is 2.83 bits per heavy atom. The average Bonchev–Trinajstić information content (AvgIpc) is 2.95. The van der Waals surface area contributed by atoms with Crippen molar-refractivity contribution in [1.29, 1.82) is 0 Å². The van der Waals surface area contributed by atoms with Crippen molar-refractivity contribution >= 4 is 5.91 Å². The Bertz CT molecular complexity index is 528. The lowest BCUT2D eigenvalue weighted by molar-refractivity contribution is 0.0932. The molecule has 0 aromatic carbocycles. The van der Waals surface area contributed by atoms with E-state index in [9.17, 15) is 4.79 Å². The van der Waals surface area contributed by atoms with E-state index in [2.05, 4.69) is 15.3 Å². The first-order valence-corrected chi connectivity index (χ1v) is 5.99. The van der Waals surface area contributed by atoms with Gasteiger partial charge in [-0.3, -0.25) is 4.79 Å². The normalized spacial score (nSPS) is 12.4. The summed E-state index contributed by atoms with van der Waals surface area (Å²) in [6.07, 6.45) is 4.20. The zero-order valence-electron chi connectivity index (χ0n) is 10.8. The lowest BCUT2D eigenvalue weighted by Crippen LogP contribution is -2.29. The molecule has 2 N–H and O–H groups in total. The number of carbonyl (C=O) groups excluding carboxylic acids is 1. The van der Waals surface area contributed by atoms with Gasteiger partial charge in [0, 0.05) is 12.4 Å². The SMILES string of the molecule is CCC(NC(=O)c1cc(C)oc1C)c1ncc[nH]1. The van der Waals surface area contributed by atoms with E-state index in [0.717, 1.165) is 18.0 Å². The first-order valence-electron chi connectivity index (χ1n) is 5.99. The predicted molar refractivity (Wildman–Crippen MR) is 67.3 cm³/mol. The van der Waals surface area contributed by atoms with Gasteiger partial charge in [0.1, 0.15) is 17.3 Å². The van der Waals surface area contributed by atoms with Crippen LogP contribution in [0.4, 0.5) is 0 Å². The molecule has 2 rings (SSSR count). The number of nitrogens with one attached hydrogen (secondary N) is 2. The summed E-state index contributed by atoms with van der Waals surface area (Å²) in [4.78, 5) is 19.3. The maximum atomic E-state index is 12.1. The van der Waals surface area contributed by atoms with E-state index in [1.807, 2.05) is 13.8 Å². The molecule has 5 heteroatoms. The summed E-state index contributed by atoms with van der Waals surface area (Å²) < 4.78 is 5.36. The molecule has 96 valence electrons. The van der Waals surface area contributed by atoms with Gasteiger partial charge in [0.2, 0.25) is 0 Å². The zero-order chi connectivity index (χ0) is 13.1. The number of imidazole rings is 1. The summed E-state index contributed by atoms with van der Waals surface area (Å²) in [5.41, 5.74) is 0.581. The number of amides is 1. The van der Waals surface area contributed by atoms with Crippen LogP contribution in [0.5, 0.6) is 0 Å². The Hall–Kier alpha value is -2.04. The van der Waals surface area contributed by atoms with Crippen LogP contribution >= 0.6 is 0 Å². The van der Waals surface area contributed by atoms with E-state index in [1.54, 1.807) is 25.4 Å². The lowest BCUT2D eigenvalue weighted by atomic mass is 10.1. The molecule has 0 aliphatic heterocycles. The molecule has 2 heterocycles. The Balaban J connectivity index is 2.13. The smallest absolute Gasteiger partial charge is 0.255 e. The van der Waals surface area contributed by atoms with Crippen LogP contribution in [0, 0.1) is 13.8 Å². The van der Waals surface area contributed by atoms with Crippen molar-refractivity contribution in [3.8, 4) is 0 Å². The van der Waals surface area contributed by atoms with Gasteiger partial charge >= 0.3 is 0 Å². The number of aryl methyl sites for hydroxylation is 2. The second kappa shape index (κ2) is 5.08. The highest BCUT2D eigenvalue weighted by Gasteiger charge is 2.19. The molecule has 2 aromatic heterocycles. The van der Waals surface area contributed by atoms with Crippen molar-refractivity contribution in [2.24, 2.45) is 0 Å². The molecule has 0 bridgehead atoms. The number of hydrogen-bond acceptors (Lipinski definition) is 3. The van der Waals surface area contributed by atoms with Gasteiger partial charge in [-0.25, -0.2) is 4.98 Å². The van der Waals surface area contributed by atoms with Crippen LogP contribution in [0.3, 0.4) is 0 Å². The topological polar surface area (TPSA) is 70.9 Å². The van der Waals surface area contributed by atoms with Gasteiger partial charge in [0.05, 0.1) is 11.6 Å². The number of H-pyrrole nitrogens is 1. The number of hydrogen-bond donors (Lipinski definition) is 2. The Morgan fingerprint density at radius 2 is 2.33 bits per heavy atom. The molecular weight excluding hydrogens is 230 g/mol. The first-order chi connectivity index (χ1) is 8.61. The monoisotopic (exact) mass is 247 g/mol. The average molecular weight is 247 g/mol. The predicted octanol–water partition coefficient (Wildman–Crippen LogP) is 2.50. The Kier molecular flexibility index (Phi) is 3.50. The van der Waals surface area contributed by atoms with E-state index >= 15 is 0 Å². The number of aromatic nitrogens is 2. The molecule has 0 spiro atoms. The molecule has 2 aromatic rings. The van der Waals surface area contributed by atoms with Gasteiger partial charge in [-0.1, -0.05) is 6.92 Å². The fourth-order valence-corrected chi connectivity index (χ4v) is 1.92. The summed E-state index contributed by atoms with van der Waals surface area (Å²) in [5, 5.41) is 2.95. The summed E-state index contributed by atoms with van der Waals surface area (Å²) in [6.45, 7) is 5.62. The molecule has 1 amide bonds. The van der Waals surface area contributed by atoms with Crippen LogP contribution in [0.15, 0.2) is 22.9 Å². The minimum Gasteiger partial charge on any atom is -0.466 e. The van der Waals surface area contributed by atoms with Gasteiger partial charge < -0.3 is 14.7 Å². The minimum absolute atomic E-state index is 0.109. The van der Waals surface area contributed by atoms with Crippen LogP contribution in [0.1, 0.15) is 47.1 Å². The lowest BCUT2D eigenvalue weighted by Gasteiger charge is -2.14. The summed E-state index contributed by atoms with van der Waals surface area (Å²) in [5.74, 6) is 2.01. The molecular formula is C13H17N3O2. The summed E-state index contributed by atoms with van der Waals surface area (Å²) in [6, 6.07) is 1.64. The fraction of sp³-hybridized carbons (Fsp3) is 0.385. The first kappa shape index (κ1) is 12.4. The second-order valence-corrected chi connectivity index (χ2v) is 4.24. The number of rotatable bonds is 4. The summed E-state index contributed by atoms with van der Waals surface area (Å²) >= 11 is 0. The van der Waals surface area contributed by atoms with Gasteiger partial charge in [-0.2, -0.15) is 0 Å². The molecule has 0 radical (unpaired) electrons. The van der Waals surface area contributed by atoms with E-state index in [1.165, 1.54) is 0 Å². The highest BCUT2D eigenvalue weighted by molar-refractivity contribution is 5.95. The van der Waals surface area contributed by atoms with E-state index in [4.69, 9.17) is 4.42 Å². The molecule has 0 aliphatic carbocycles. The maximum absolute atomic E-state index is 12.1. The molecule has 5 nitrogen and oxygen atoms in total. The number of carbonyl (C=O) groups is 1. The van der Waals surface area contributed by atoms with Gasteiger partial charge in [0.15, 0.2) is 0 Å². The molecule has 1 unspecified atom stereocenters. The van der Waals surface area contributed by atoms with Crippen molar-refractivity contribution in [1.82, 2.24) is 15.3 Å². The second-order valence-electron chi connectivity index (χ2n) is 4.24. The van der Waals surface area contributed by atoms with Crippen molar-refractivity contribution in [2.45, 2.75) is 33.2 Å². The number of aromatic amines is 1. The fourth-order valence-electron chi connectivity index (χ4n) is 1.92. The number of nitrogens with zero attached hydrogens (tertiary/aromatic N) is 1. The van der Waals surface area contributed by atoms with Gasteiger partial charge in [0.25, 0.3) is 5.91 Å². The van der Waals surface area contributed by atoms with Crippen molar-refractivity contribution < 1.29 is 9.21 Å². The van der Waals surface area contributed by atoms with Gasteiger partial charge in [-0.15, -0.1) is 0 Å². The van der Waals surface area contributed by atoms with Crippen molar-refractivity contribution in [3.05, 3.63) is 41.4 Å². The quantitative estimate of drug-likeness (QED) is 0.872. The van der Waals surface area contributed by atoms with Crippen LogP contribution < -0.4 is 5.32 Å². The van der Waals surface area contributed by atoms with Crippen LogP contribution in [-0.2, 0) is 0 Å². The Labute approximate surface area is 106 Å². The molecule has 0 saturated heterocycles. The standard InChI is InChI=1S/C13H17N3O2/c1-4-11(12-14-5-6-15-12)16-13(17)10-7-8(2)18-9(10)3/h5-7,11H,4H2,1-3H3,(H,14,15)(H,16,17). The van der Waals surface area contributed by atoms with Crippen LogP contribution in [0.2, 0.25) is 0 Å². The highest BCUT2D eigenvalue weighted by Crippen LogP contribution is 2.17. The van der Waals surface area contributed by atoms with E-state index in [-0.39, 0.29) is 11.9 Å². The maximum Gasteiger partial charge on any atom is 0.255 e. The third-order valence-electron chi connectivity index (χ3n) is 2.85. The van der Waals surface area contributed by atoms with Gasteiger partial charge in [-0.05, 0) is 26.3 Å². The molecule has 18 heavy (non-hydrogen) atoms. The Morgan fingerprint density at radius 1 is 1.56 bits per heavy atom. The third kappa shape index (κ3) is 2.45. The van der Waals surface area contributed by atoms with Crippen LogP contribution in [0.25, 0.3) is 0 Å². The van der Waals surface area contributed by atoms with E-state index in [0.29, 0.717) is 11.3 Å². The minimum atomic E-state index is -0.132. The molecule has 1 atom stereocenters. The molecule has 0 fully saturated rings. The largest absolute Gasteiger partial charge is 0.466 e. The van der Waals surface area contributed by atoms with Crippen LogP contribution in [-0.4, -0.2) is 15.9 Å². The zero-order valence-corrected chi connectivity index (χ0v) is 10.8. The third-order valence-corrected chi connectivity index (χ3v) is 2.85. The number of furan rings is 1. The van der Waals surface area contributed by atoms with Crippen molar-refractivity contribution in [2.75, 3.05) is 0 Å². The van der Waals surface area contributed by atoms with E-state index < -0.39 is 0 Å². The highest BCUT2D eigenvalue weighted by atomic mass is 16.3.